The molecule has 0 amide bonds. The summed E-state index contributed by atoms with van der Waals surface area (Å²) in [6.07, 6.45) is 2.00. The van der Waals surface area contributed by atoms with Crippen LogP contribution in [0.15, 0.2) is 70.7 Å². The van der Waals surface area contributed by atoms with Gasteiger partial charge in [-0.2, -0.15) is 0 Å². The van der Waals surface area contributed by atoms with Crippen LogP contribution in [0, 0.1) is 16.7 Å². The summed E-state index contributed by atoms with van der Waals surface area (Å²) in [6, 6.07) is 12.3. The number of esters is 3. The van der Waals surface area contributed by atoms with Crippen molar-refractivity contribution in [1.82, 2.24) is 0 Å². The average Bonchev–Trinajstić information content (AvgIpc) is 2.84. The summed E-state index contributed by atoms with van der Waals surface area (Å²) in [6.45, 7) is 18.7. The SMILES string of the molecule is C=C(C)[C@@H]1C[C@H](OC(=O)c2ccccc2)C(C)=C[C@H]1c1c(OC(=O)C(C)(C)C)cc(Br)cc1OC(=O)C(C)(C)C. The fraction of sp³-hybridized carbons (Fsp3) is 0.424. The lowest BCUT2D eigenvalue weighted by molar-refractivity contribution is -0.143. The molecule has 2 aromatic carbocycles. The van der Waals surface area contributed by atoms with E-state index in [0.717, 1.165) is 11.1 Å². The van der Waals surface area contributed by atoms with E-state index < -0.39 is 34.8 Å². The minimum absolute atomic E-state index is 0.197. The summed E-state index contributed by atoms with van der Waals surface area (Å²) in [4.78, 5) is 38.9. The first-order chi connectivity index (χ1) is 18.5. The highest BCUT2D eigenvalue weighted by atomic mass is 79.9. The summed E-state index contributed by atoms with van der Waals surface area (Å²) in [7, 11) is 0. The Morgan fingerprint density at radius 1 is 0.900 bits per heavy atom. The number of rotatable bonds is 6. The van der Waals surface area contributed by atoms with Gasteiger partial charge in [-0.3, -0.25) is 9.59 Å². The molecule has 0 spiro atoms. The fourth-order valence-corrected chi connectivity index (χ4v) is 4.76. The van der Waals surface area contributed by atoms with E-state index in [1.165, 1.54) is 0 Å². The average molecular weight is 612 g/mol. The monoisotopic (exact) mass is 610 g/mol. The topological polar surface area (TPSA) is 78.9 Å². The standard InChI is InChI=1S/C33H39BrO6/c1-19(2)23-18-25(38-29(35)21-13-11-10-12-14-21)20(3)15-24(23)28-26(39-30(36)32(4,5)6)16-22(34)17-27(28)40-31(37)33(7,8)9/h10-17,23-25H,1,18H2,2-9H3/t23-,24+,25-/m0/s1. The van der Waals surface area contributed by atoms with Crippen molar-refractivity contribution < 1.29 is 28.6 Å². The first-order valence-electron chi connectivity index (χ1n) is 13.4. The van der Waals surface area contributed by atoms with Gasteiger partial charge in [0.2, 0.25) is 0 Å². The Balaban J connectivity index is 2.14. The van der Waals surface area contributed by atoms with Crippen LogP contribution in [0.3, 0.4) is 0 Å². The van der Waals surface area contributed by atoms with Gasteiger partial charge in [-0.25, -0.2) is 4.79 Å². The van der Waals surface area contributed by atoms with E-state index in [1.54, 1.807) is 77.9 Å². The molecular formula is C33H39BrO6. The molecule has 0 fully saturated rings. The van der Waals surface area contributed by atoms with E-state index in [0.29, 0.717) is 33.5 Å². The molecular weight excluding hydrogens is 572 g/mol. The van der Waals surface area contributed by atoms with Gasteiger partial charge in [0, 0.05) is 16.0 Å². The van der Waals surface area contributed by atoms with Crippen LogP contribution in [0.1, 0.15) is 83.7 Å². The highest BCUT2D eigenvalue weighted by molar-refractivity contribution is 9.10. The predicted octanol–water partition coefficient (Wildman–Crippen LogP) is 8.20. The maximum Gasteiger partial charge on any atom is 0.338 e. The van der Waals surface area contributed by atoms with E-state index in [1.807, 2.05) is 26.0 Å². The van der Waals surface area contributed by atoms with Gasteiger partial charge in [-0.1, -0.05) is 52.4 Å². The minimum Gasteiger partial charge on any atom is -0.454 e. The number of halogens is 1. The molecule has 214 valence electrons. The quantitative estimate of drug-likeness (QED) is 0.186. The van der Waals surface area contributed by atoms with Gasteiger partial charge in [0.25, 0.3) is 0 Å². The molecule has 0 radical (unpaired) electrons. The van der Waals surface area contributed by atoms with Crippen LogP contribution in [0.4, 0.5) is 0 Å². The molecule has 0 unspecified atom stereocenters. The second kappa shape index (κ2) is 12.1. The van der Waals surface area contributed by atoms with Crippen molar-refractivity contribution in [1.29, 1.82) is 0 Å². The van der Waals surface area contributed by atoms with Crippen molar-refractivity contribution in [3.63, 3.8) is 0 Å². The van der Waals surface area contributed by atoms with E-state index in [-0.39, 0.29) is 11.8 Å². The molecule has 0 bridgehead atoms. The third kappa shape index (κ3) is 7.51. The number of carbonyl (C=O) groups excluding carboxylic acids is 3. The first kappa shape index (κ1) is 31.3. The Labute approximate surface area is 245 Å². The maximum atomic E-state index is 13.0. The molecule has 3 rings (SSSR count). The van der Waals surface area contributed by atoms with Gasteiger partial charge >= 0.3 is 17.9 Å². The molecule has 0 aliphatic heterocycles. The molecule has 3 atom stereocenters. The molecule has 7 heteroatoms. The molecule has 0 aromatic heterocycles. The fourth-order valence-electron chi connectivity index (χ4n) is 4.35. The zero-order valence-electron chi connectivity index (χ0n) is 24.6. The molecule has 6 nitrogen and oxygen atoms in total. The molecule has 1 aliphatic rings. The van der Waals surface area contributed by atoms with E-state index >= 15 is 0 Å². The van der Waals surface area contributed by atoms with Gasteiger partial charge in [0.15, 0.2) is 0 Å². The molecule has 0 N–H and O–H groups in total. The number of benzene rings is 2. The number of hydrogen-bond acceptors (Lipinski definition) is 6. The van der Waals surface area contributed by atoms with Crippen molar-refractivity contribution in [2.75, 3.05) is 0 Å². The van der Waals surface area contributed by atoms with E-state index in [9.17, 15) is 14.4 Å². The lowest BCUT2D eigenvalue weighted by atomic mass is 9.72. The van der Waals surface area contributed by atoms with Crippen molar-refractivity contribution >= 4 is 33.8 Å². The summed E-state index contributed by atoms with van der Waals surface area (Å²) in [5, 5.41) is 0. The Kier molecular flexibility index (Phi) is 9.50. The number of hydrogen-bond donors (Lipinski definition) is 0. The zero-order valence-corrected chi connectivity index (χ0v) is 26.2. The Morgan fingerprint density at radius 2 is 1.40 bits per heavy atom. The van der Waals surface area contributed by atoms with Gasteiger partial charge in [0.1, 0.15) is 17.6 Å². The Hall–Kier alpha value is -3.19. The normalized spacial score (nSPS) is 19.3. The van der Waals surface area contributed by atoms with Gasteiger partial charge in [-0.15, -0.1) is 0 Å². The first-order valence-corrected chi connectivity index (χ1v) is 14.2. The summed E-state index contributed by atoms with van der Waals surface area (Å²) >= 11 is 3.49. The van der Waals surface area contributed by atoms with Crippen LogP contribution in [-0.4, -0.2) is 24.0 Å². The third-order valence-corrected chi connectivity index (χ3v) is 7.23. The van der Waals surface area contributed by atoms with E-state index in [2.05, 4.69) is 22.5 Å². The summed E-state index contributed by atoms with van der Waals surface area (Å²) in [5.74, 6) is -1.20. The van der Waals surface area contributed by atoms with Crippen LogP contribution >= 0.6 is 15.9 Å². The van der Waals surface area contributed by atoms with Crippen molar-refractivity contribution in [3.05, 3.63) is 81.9 Å². The maximum absolute atomic E-state index is 13.0. The van der Waals surface area contributed by atoms with Crippen LogP contribution in [0.5, 0.6) is 11.5 Å². The van der Waals surface area contributed by atoms with Crippen molar-refractivity contribution in [2.45, 2.75) is 73.8 Å². The Bertz CT molecular complexity index is 1280. The van der Waals surface area contributed by atoms with Gasteiger partial charge in [0.05, 0.1) is 16.4 Å². The molecule has 2 aromatic rings. The molecule has 0 saturated carbocycles. The van der Waals surface area contributed by atoms with Crippen molar-refractivity contribution in [3.8, 4) is 11.5 Å². The molecule has 0 heterocycles. The number of ether oxygens (including phenoxy) is 3. The second-order valence-corrected chi connectivity index (χ2v) is 13.4. The van der Waals surface area contributed by atoms with Crippen LogP contribution in [0.25, 0.3) is 0 Å². The highest BCUT2D eigenvalue weighted by Crippen LogP contribution is 2.49. The van der Waals surface area contributed by atoms with Gasteiger partial charge < -0.3 is 14.2 Å². The van der Waals surface area contributed by atoms with Crippen LogP contribution in [-0.2, 0) is 14.3 Å². The van der Waals surface area contributed by atoms with Crippen molar-refractivity contribution in [2.24, 2.45) is 16.7 Å². The lowest BCUT2D eigenvalue weighted by Gasteiger charge is -2.36. The minimum atomic E-state index is -0.759. The number of allylic oxidation sites excluding steroid dienone is 2. The lowest BCUT2D eigenvalue weighted by Crippen LogP contribution is -2.32. The zero-order chi connectivity index (χ0) is 30.0. The van der Waals surface area contributed by atoms with Crippen LogP contribution < -0.4 is 9.47 Å². The predicted molar refractivity (Wildman–Crippen MR) is 159 cm³/mol. The summed E-state index contributed by atoms with van der Waals surface area (Å²) in [5.41, 5.74) is 1.23. The molecule has 40 heavy (non-hydrogen) atoms. The second-order valence-electron chi connectivity index (χ2n) is 12.5. The van der Waals surface area contributed by atoms with Gasteiger partial charge in [-0.05, 0) is 97.6 Å². The highest BCUT2D eigenvalue weighted by Gasteiger charge is 2.38. The Morgan fingerprint density at radius 3 is 1.85 bits per heavy atom. The molecule has 0 saturated heterocycles. The molecule has 1 aliphatic carbocycles. The number of carbonyl (C=O) groups is 3. The van der Waals surface area contributed by atoms with E-state index in [4.69, 9.17) is 14.2 Å². The largest absolute Gasteiger partial charge is 0.454 e. The summed E-state index contributed by atoms with van der Waals surface area (Å²) < 4.78 is 18.4. The third-order valence-electron chi connectivity index (χ3n) is 6.78. The van der Waals surface area contributed by atoms with Crippen LogP contribution in [0.2, 0.25) is 0 Å². The smallest absolute Gasteiger partial charge is 0.338 e.